The van der Waals surface area contributed by atoms with Crippen molar-refractivity contribution in [3.05, 3.63) is 35.9 Å². The quantitative estimate of drug-likeness (QED) is 0.655. The largest absolute Gasteiger partial charge is 0.416 e. The highest BCUT2D eigenvalue weighted by molar-refractivity contribution is 7.99. The lowest BCUT2D eigenvalue weighted by Crippen LogP contribution is -2.53. The predicted octanol–water partition coefficient (Wildman–Crippen LogP) is 5.57. The van der Waals surface area contributed by atoms with Gasteiger partial charge >= 0.3 is 6.18 Å². The molecule has 3 fully saturated rings. The maximum Gasteiger partial charge on any atom is 0.416 e. The van der Waals surface area contributed by atoms with Crippen molar-refractivity contribution in [3.63, 3.8) is 0 Å². The molecular formula is C19H22F3N3S. The monoisotopic (exact) mass is 381 g/mol. The van der Waals surface area contributed by atoms with Gasteiger partial charge < -0.3 is 10.0 Å². The van der Waals surface area contributed by atoms with Crippen LogP contribution in [0.25, 0.3) is 5.70 Å². The van der Waals surface area contributed by atoms with Gasteiger partial charge in [-0.25, -0.2) is 0 Å². The molecule has 0 aliphatic heterocycles. The van der Waals surface area contributed by atoms with Crippen LogP contribution in [0.1, 0.15) is 49.7 Å². The molecule has 4 rings (SSSR count). The molecule has 2 bridgehead atoms. The number of anilines is 1. The second-order valence-corrected chi connectivity index (χ2v) is 7.95. The van der Waals surface area contributed by atoms with Gasteiger partial charge in [-0.2, -0.15) is 18.4 Å². The molecule has 7 heteroatoms. The summed E-state index contributed by atoms with van der Waals surface area (Å²) >= 11 is 1.32. The zero-order valence-corrected chi connectivity index (χ0v) is 15.5. The Balaban J connectivity index is 1.84. The summed E-state index contributed by atoms with van der Waals surface area (Å²) in [5.74, 6) is 0. The predicted molar refractivity (Wildman–Crippen MR) is 99.2 cm³/mol. The molecule has 0 radical (unpaired) electrons. The van der Waals surface area contributed by atoms with Crippen molar-refractivity contribution < 1.29 is 13.2 Å². The van der Waals surface area contributed by atoms with Crippen LogP contribution >= 0.6 is 11.9 Å². The van der Waals surface area contributed by atoms with Crippen LogP contribution in [0.4, 0.5) is 18.9 Å². The van der Waals surface area contributed by atoms with Crippen molar-refractivity contribution in [2.75, 3.05) is 11.0 Å². The van der Waals surface area contributed by atoms with Crippen molar-refractivity contribution in [3.8, 4) is 6.07 Å². The summed E-state index contributed by atoms with van der Waals surface area (Å²) in [6.45, 7) is 4.04. The first-order valence-electron chi connectivity index (χ1n) is 8.62. The number of alkyl halides is 3. The maximum absolute atomic E-state index is 13.1. The third-order valence-corrected chi connectivity index (χ3v) is 6.21. The molecule has 26 heavy (non-hydrogen) atoms. The van der Waals surface area contributed by atoms with Gasteiger partial charge in [0, 0.05) is 23.1 Å². The number of fused-ring (bicyclic) bond motifs is 3. The molecule has 0 aromatic heterocycles. The fourth-order valence-electron chi connectivity index (χ4n) is 4.10. The molecule has 140 valence electrons. The van der Waals surface area contributed by atoms with Crippen molar-refractivity contribution in [2.45, 2.75) is 50.2 Å². The Morgan fingerprint density at radius 3 is 2.31 bits per heavy atom. The molecule has 0 atom stereocenters. The standard InChI is InChI=1S/C19H22F3N3S/c1-13(24-18-8-5-17(12-23,6-9-18)7-10-18)15-11-14(19(20,21)22)3-4-16(15)25-26-2/h3-4,11,24-25H,1,5-10H2,2H3. The van der Waals surface area contributed by atoms with Crippen molar-refractivity contribution >= 4 is 23.3 Å². The van der Waals surface area contributed by atoms with E-state index in [9.17, 15) is 18.4 Å². The van der Waals surface area contributed by atoms with Crippen molar-refractivity contribution in [1.82, 2.24) is 5.32 Å². The summed E-state index contributed by atoms with van der Waals surface area (Å²) in [4.78, 5) is 0. The van der Waals surface area contributed by atoms with Gasteiger partial charge in [-0.1, -0.05) is 18.5 Å². The van der Waals surface area contributed by atoms with Gasteiger partial charge in [-0.3, -0.25) is 0 Å². The Labute approximate surface area is 156 Å². The Bertz CT molecular complexity index is 727. The van der Waals surface area contributed by atoms with Crippen molar-refractivity contribution in [1.29, 1.82) is 5.26 Å². The van der Waals surface area contributed by atoms with Crippen LogP contribution < -0.4 is 10.0 Å². The zero-order valence-electron chi connectivity index (χ0n) is 14.7. The van der Waals surface area contributed by atoms with Gasteiger partial charge in [0.25, 0.3) is 0 Å². The molecule has 1 aromatic rings. The molecule has 3 nitrogen and oxygen atoms in total. The SMILES string of the molecule is C=C(NC12CCC(C#N)(CC1)CC2)c1cc(C(F)(F)F)ccc1NSC. The van der Waals surface area contributed by atoms with Gasteiger partial charge in [-0.15, -0.1) is 0 Å². The van der Waals surface area contributed by atoms with E-state index in [1.54, 1.807) is 0 Å². The minimum Gasteiger partial charge on any atom is -0.380 e. The summed E-state index contributed by atoms with van der Waals surface area (Å²) < 4.78 is 42.4. The van der Waals surface area contributed by atoms with Crippen LogP contribution in [-0.4, -0.2) is 11.8 Å². The Morgan fingerprint density at radius 1 is 1.19 bits per heavy atom. The molecule has 1 aromatic carbocycles. The van der Waals surface area contributed by atoms with Gasteiger partial charge in [-0.05, 0) is 56.7 Å². The van der Waals surface area contributed by atoms with E-state index in [4.69, 9.17) is 0 Å². The minimum absolute atomic E-state index is 0.166. The van der Waals surface area contributed by atoms with E-state index in [0.717, 1.165) is 50.7 Å². The second-order valence-electron chi connectivity index (χ2n) is 7.34. The number of nitriles is 1. The first-order chi connectivity index (χ1) is 12.2. The van der Waals surface area contributed by atoms with E-state index >= 15 is 0 Å². The summed E-state index contributed by atoms with van der Waals surface area (Å²) in [7, 11) is 0. The van der Waals surface area contributed by atoms with Gasteiger partial charge in [0.15, 0.2) is 0 Å². The molecule has 0 heterocycles. The van der Waals surface area contributed by atoms with Crippen LogP contribution in [0.5, 0.6) is 0 Å². The number of benzene rings is 1. The Kier molecular flexibility index (Phi) is 4.91. The Morgan fingerprint density at radius 2 is 1.81 bits per heavy atom. The van der Waals surface area contributed by atoms with Gasteiger partial charge in [0.2, 0.25) is 0 Å². The van der Waals surface area contributed by atoms with Crippen LogP contribution in [0.15, 0.2) is 24.8 Å². The molecule has 3 aliphatic rings. The van der Waals surface area contributed by atoms with E-state index in [0.29, 0.717) is 16.9 Å². The third-order valence-electron chi connectivity index (χ3n) is 5.78. The topological polar surface area (TPSA) is 47.9 Å². The fourth-order valence-corrected chi connectivity index (χ4v) is 4.50. The smallest absolute Gasteiger partial charge is 0.380 e. The molecule has 0 amide bonds. The number of nitrogens with one attached hydrogen (secondary N) is 2. The molecule has 3 saturated carbocycles. The average Bonchev–Trinajstić information content (AvgIpc) is 2.62. The maximum atomic E-state index is 13.1. The number of hydrogen-bond acceptors (Lipinski definition) is 4. The summed E-state index contributed by atoms with van der Waals surface area (Å²) in [6, 6.07) is 6.14. The normalized spacial score (nSPS) is 27.7. The highest BCUT2D eigenvalue weighted by atomic mass is 32.2. The average molecular weight is 381 g/mol. The molecule has 3 aliphatic carbocycles. The number of halogens is 3. The first-order valence-corrected chi connectivity index (χ1v) is 9.84. The Hall–Kier alpha value is -1.81. The lowest BCUT2D eigenvalue weighted by molar-refractivity contribution is -0.137. The molecule has 0 saturated heterocycles. The van der Waals surface area contributed by atoms with Gasteiger partial charge in [0.05, 0.1) is 22.7 Å². The second kappa shape index (κ2) is 6.73. The van der Waals surface area contributed by atoms with E-state index in [1.165, 1.54) is 18.0 Å². The van der Waals surface area contributed by atoms with Crippen LogP contribution in [0, 0.1) is 16.7 Å². The third kappa shape index (κ3) is 3.52. The lowest BCUT2D eigenvalue weighted by atomic mass is 9.58. The zero-order chi connectivity index (χ0) is 19.0. The first kappa shape index (κ1) is 19.0. The lowest BCUT2D eigenvalue weighted by Gasteiger charge is -2.51. The molecular weight excluding hydrogens is 359 g/mol. The number of nitrogens with zero attached hydrogens (tertiary/aromatic N) is 1. The van der Waals surface area contributed by atoms with Crippen molar-refractivity contribution in [2.24, 2.45) is 5.41 Å². The number of hydrogen-bond donors (Lipinski definition) is 2. The van der Waals surface area contributed by atoms with E-state index in [-0.39, 0.29) is 11.0 Å². The highest BCUT2D eigenvalue weighted by Gasteiger charge is 2.49. The van der Waals surface area contributed by atoms with E-state index < -0.39 is 11.7 Å². The summed E-state index contributed by atoms with van der Waals surface area (Å²) in [5.41, 5.74) is 0.491. The summed E-state index contributed by atoms with van der Waals surface area (Å²) in [6.07, 6.45) is 2.48. The number of rotatable bonds is 5. The van der Waals surface area contributed by atoms with E-state index in [1.807, 2.05) is 6.26 Å². The molecule has 0 spiro atoms. The van der Waals surface area contributed by atoms with Gasteiger partial charge in [0.1, 0.15) is 0 Å². The molecule has 2 N–H and O–H groups in total. The van der Waals surface area contributed by atoms with Crippen LogP contribution in [-0.2, 0) is 6.18 Å². The highest BCUT2D eigenvalue weighted by Crippen LogP contribution is 2.52. The van der Waals surface area contributed by atoms with Crippen LogP contribution in [0.3, 0.4) is 0 Å². The minimum atomic E-state index is -4.40. The summed E-state index contributed by atoms with van der Waals surface area (Å²) in [5, 5.41) is 12.8. The fraction of sp³-hybridized carbons (Fsp3) is 0.526. The molecule has 0 unspecified atom stereocenters. The van der Waals surface area contributed by atoms with E-state index in [2.05, 4.69) is 22.7 Å². The van der Waals surface area contributed by atoms with Crippen LogP contribution in [0.2, 0.25) is 0 Å².